The molecule has 2 aromatic heterocycles. The molecule has 0 spiro atoms. The zero-order chi connectivity index (χ0) is 14.9. The number of para-hydroxylation sites is 1. The van der Waals surface area contributed by atoms with Crippen molar-refractivity contribution >= 4 is 44.9 Å². The van der Waals surface area contributed by atoms with Crippen molar-refractivity contribution in [3.8, 4) is 0 Å². The molecule has 0 atom stereocenters. The van der Waals surface area contributed by atoms with E-state index in [1.54, 1.807) is 17.7 Å². The van der Waals surface area contributed by atoms with Gasteiger partial charge in [-0.3, -0.25) is 4.79 Å². The van der Waals surface area contributed by atoms with Gasteiger partial charge < -0.3 is 4.90 Å². The molecule has 0 fully saturated rings. The fourth-order valence-corrected chi connectivity index (χ4v) is 4.50. The number of rotatable bonds is 3. The Hall–Kier alpha value is -1.92. The third-order valence-corrected chi connectivity index (χ3v) is 5.74. The van der Waals surface area contributed by atoms with Gasteiger partial charge in [-0.25, -0.2) is 9.97 Å². The monoisotopic (exact) mass is 327 g/mol. The van der Waals surface area contributed by atoms with Gasteiger partial charge in [-0.05, 0) is 29.5 Å². The summed E-state index contributed by atoms with van der Waals surface area (Å²) in [6, 6.07) is 10.1. The first kappa shape index (κ1) is 13.7. The summed E-state index contributed by atoms with van der Waals surface area (Å²) < 4.78 is 1.06. The number of amides is 1. The fraction of sp³-hybridized carbons (Fsp3) is 0.188. The Bertz CT molecular complexity index is 846. The van der Waals surface area contributed by atoms with E-state index >= 15 is 0 Å². The molecule has 0 bridgehead atoms. The van der Waals surface area contributed by atoms with Crippen LogP contribution in [-0.2, 0) is 11.2 Å². The van der Waals surface area contributed by atoms with Crippen LogP contribution in [0.4, 0.5) is 5.69 Å². The van der Waals surface area contributed by atoms with Gasteiger partial charge in [-0.1, -0.05) is 30.0 Å². The maximum Gasteiger partial charge on any atom is 0.237 e. The molecule has 110 valence electrons. The van der Waals surface area contributed by atoms with E-state index in [-0.39, 0.29) is 5.91 Å². The molecule has 1 amide bonds. The molecule has 1 aliphatic heterocycles. The van der Waals surface area contributed by atoms with Crippen LogP contribution < -0.4 is 4.90 Å². The van der Waals surface area contributed by atoms with Crippen LogP contribution in [0.25, 0.3) is 10.2 Å². The third-order valence-electron chi connectivity index (χ3n) is 3.73. The Labute approximate surface area is 136 Å². The highest BCUT2D eigenvalue weighted by atomic mass is 32.2. The van der Waals surface area contributed by atoms with Crippen molar-refractivity contribution in [3.63, 3.8) is 0 Å². The first-order valence-corrected chi connectivity index (χ1v) is 8.89. The van der Waals surface area contributed by atoms with E-state index in [2.05, 4.69) is 16.0 Å². The molecule has 0 radical (unpaired) electrons. The summed E-state index contributed by atoms with van der Waals surface area (Å²) in [6.07, 6.45) is 2.50. The molecule has 4 nitrogen and oxygen atoms in total. The van der Waals surface area contributed by atoms with Crippen molar-refractivity contribution in [1.29, 1.82) is 0 Å². The molecule has 3 aromatic rings. The number of aromatic nitrogens is 2. The van der Waals surface area contributed by atoms with Crippen molar-refractivity contribution in [1.82, 2.24) is 9.97 Å². The predicted octanol–water partition coefficient (Wildman–Crippen LogP) is 3.37. The normalized spacial score (nSPS) is 13.5. The van der Waals surface area contributed by atoms with Crippen LogP contribution in [0, 0.1) is 0 Å². The summed E-state index contributed by atoms with van der Waals surface area (Å²) in [5.74, 6) is 0.538. The molecule has 0 unspecified atom stereocenters. The van der Waals surface area contributed by atoms with Gasteiger partial charge in [-0.2, -0.15) is 0 Å². The average Bonchev–Trinajstić information content (AvgIpc) is 3.19. The molecule has 6 heteroatoms. The maximum absolute atomic E-state index is 12.5. The second-order valence-corrected chi connectivity index (χ2v) is 6.91. The molecular formula is C16H13N3OS2. The number of carbonyl (C=O) groups is 1. The molecule has 0 saturated heterocycles. The molecule has 1 aliphatic rings. The van der Waals surface area contributed by atoms with Crippen molar-refractivity contribution in [2.24, 2.45) is 0 Å². The Morgan fingerprint density at radius 3 is 3.14 bits per heavy atom. The quantitative estimate of drug-likeness (QED) is 0.546. The predicted molar refractivity (Wildman–Crippen MR) is 90.6 cm³/mol. The molecule has 0 N–H and O–H groups in total. The van der Waals surface area contributed by atoms with E-state index in [1.165, 1.54) is 17.3 Å². The first-order chi connectivity index (χ1) is 10.8. The van der Waals surface area contributed by atoms with Crippen LogP contribution in [-0.4, -0.2) is 28.2 Å². The zero-order valence-electron chi connectivity index (χ0n) is 11.7. The number of fused-ring (bicyclic) bond motifs is 2. The second-order valence-electron chi connectivity index (χ2n) is 5.03. The van der Waals surface area contributed by atoms with Gasteiger partial charge in [0.25, 0.3) is 0 Å². The van der Waals surface area contributed by atoms with Crippen molar-refractivity contribution in [2.75, 3.05) is 17.2 Å². The Morgan fingerprint density at radius 1 is 1.27 bits per heavy atom. The van der Waals surface area contributed by atoms with Crippen LogP contribution in [0.3, 0.4) is 0 Å². The Kier molecular flexibility index (Phi) is 3.56. The Morgan fingerprint density at radius 2 is 2.18 bits per heavy atom. The number of carbonyl (C=O) groups excluding carboxylic acids is 1. The number of hydrogen-bond acceptors (Lipinski definition) is 5. The third kappa shape index (κ3) is 2.38. The minimum atomic E-state index is 0.137. The molecule has 0 aliphatic carbocycles. The highest BCUT2D eigenvalue weighted by Gasteiger charge is 2.24. The largest absolute Gasteiger partial charge is 0.311 e. The van der Waals surface area contributed by atoms with Crippen molar-refractivity contribution in [2.45, 2.75) is 11.4 Å². The smallest absolute Gasteiger partial charge is 0.237 e. The second kappa shape index (κ2) is 5.70. The molecule has 0 saturated carbocycles. The highest BCUT2D eigenvalue weighted by molar-refractivity contribution is 8.00. The summed E-state index contributed by atoms with van der Waals surface area (Å²) in [5, 5.41) is 2.89. The SMILES string of the molecule is O=C(CSc1ncnc2ccsc12)N1CCc2ccccc21. The van der Waals surface area contributed by atoms with Crippen LogP contribution in [0.2, 0.25) is 0 Å². The zero-order valence-corrected chi connectivity index (χ0v) is 13.4. The lowest BCUT2D eigenvalue weighted by atomic mass is 10.2. The number of thioether (sulfide) groups is 1. The lowest BCUT2D eigenvalue weighted by molar-refractivity contribution is -0.116. The number of benzene rings is 1. The molecule has 22 heavy (non-hydrogen) atoms. The molecule has 1 aromatic carbocycles. The van der Waals surface area contributed by atoms with Crippen molar-refractivity contribution < 1.29 is 4.79 Å². The van der Waals surface area contributed by atoms with E-state index in [9.17, 15) is 4.79 Å². The lowest BCUT2D eigenvalue weighted by Gasteiger charge is -2.16. The highest BCUT2D eigenvalue weighted by Crippen LogP contribution is 2.31. The Balaban J connectivity index is 1.51. The van der Waals surface area contributed by atoms with E-state index in [4.69, 9.17) is 0 Å². The topological polar surface area (TPSA) is 46.1 Å². The summed E-state index contributed by atoms with van der Waals surface area (Å²) >= 11 is 3.11. The van der Waals surface area contributed by atoms with Gasteiger partial charge in [-0.15, -0.1) is 11.3 Å². The van der Waals surface area contributed by atoms with Gasteiger partial charge in [0.2, 0.25) is 5.91 Å². The fourth-order valence-electron chi connectivity index (χ4n) is 2.67. The van der Waals surface area contributed by atoms with E-state index < -0.39 is 0 Å². The number of hydrogen-bond donors (Lipinski definition) is 0. The first-order valence-electron chi connectivity index (χ1n) is 7.02. The number of thiophene rings is 1. The minimum Gasteiger partial charge on any atom is -0.311 e. The lowest BCUT2D eigenvalue weighted by Crippen LogP contribution is -2.30. The average molecular weight is 327 g/mol. The summed E-state index contributed by atoms with van der Waals surface area (Å²) in [7, 11) is 0. The van der Waals surface area contributed by atoms with Gasteiger partial charge >= 0.3 is 0 Å². The summed E-state index contributed by atoms with van der Waals surface area (Å²) in [6.45, 7) is 0.775. The van der Waals surface area contributed by atoms with Crippen LogP contribution >= 0.6 is 23.1 Å². The summed E-state index contributed by atoms with van der Waals surface area (Å²) in [4.78, 5) is 22.9. The van der Waals surface area contributed by atoms with E-state index in [0.717, 1.165) is 33.9 Å². The molecule has 4 rings (SSSR count). The van der Waals surface area contributed by atoms with Crippen LogP contribution in [0.15, 0.2) is 47.1 Å². The standard InChI is InChI=1S/C16H13N3OS2/c20-14(19-7-5-11-3-1-2-4-13(11)19)9-22-16-15-12(6-8-21-15)17-10-18-16/h1-4,6,8,10H,5,7,9H2. The van der Waals surface area contributed by atoms with Gasteiger partial charge in [0.1, 0.15) is 11.4 Å². The molecule has 3 heterocycles. The maximum atomic E-state index is 12.5. The minimum absolute atomic E-state index is 0.137. The van der Waals surface area contributed by atoms with Gasteiger partial charge in [0.05, 0.1) is 16.0 Å². The number of nitrogens with zero attached hydrogens (tertiary/aromatic N) is 3. The van der Waals surface area contributed by atoms with E-state index in [1.807, 2.05) is 34.5 Å². The van der Waals surface area contributed by atoms with E-state index in [0.29, 0.717) is 5.75 Å². The van der Waals surface area contributed by atoms with Crippen LogP contribution in [0.5, 0.6) is 0 Å². The van der Waals surface area contributed by atoms with Gasteiger partial charge in [0.15, 0.2) is 0 Å². The summed E-state index contributed by atoms with van der Waals surface area (Å²) in [5.41, 5.74) is 3.25. The van der Waals surface area contributed by atoms with Crippen molar-refractivity contribution in [3.05, 3.63) is 47.6 Å². The number of anilines is 1. The van der Waals surface area contributed by atoms with Gasteiger partial charge in [0, 0.05) is 12.2 Å². The molecular weight excluding hydrogens is 314 g/mol. The van der Waals surface area contributed by atoms with Crippen LogP contribution in [0.1, 0.15) is 5.56 Å².